The molecule has 2 aromatic heterocycles. The Morgan fingerprint density at radius 1 is 1.00 bits per heavy atom. The molecule has 0 saturated heterocycles. The van der Waals surface area contributed by atoms with Crippen LogP contribution in [-0.4, -0.2) is 15.2 Å². The molecule has 3 nitrogen and oxygen atoms in total. The lowest BCUT2D eigenvalue weighted by atomic mass is 10.1. The fraction of sp³-hybridized carbons (Fsp3) is 0.0667. The van der Waals surface area contributed by atoms with E-state index in [4.69, 9.17) is 0 Å². The highest BCUT2D eigenvalue weighted by Crippen LogP contribution is 2.12. The lowest BCUT2D eigenvalue weighted by Crippen LogP contribution is -2.02. The lowest BCUT2D eigenvalue weighted by molar-refractivity contribution is 0.103. The van der Waals surface area contributed by atoms with Gasteiger partial charge in [0, 0.05) is 23.5 Å². The van der Waals surface area contributed by atoms with Gasteiger partial charge in [0.05, 0.1) is 5.69 Å². The number of hydrogen-bond acceptors (Lipinski definition) is 2. The smallest absolute Gasteiger partial charge is 0.194 e. The summed E-state index contributed by atoms with van der Waals surface area (Å²) in [7, 11) is 0. The number of aromatic nitrogens is 2. The third-order valence-corrected chi connectivity index (χ3v) is 2.87. The van der Waals surface area contributed by atoms with Gasteiger partial charge in [-0.3, -0.25) is 4.79 Å². The summed E-state index contributed by atoms with van der Waals surface area (Å²) < 4.78 is 1.88. The summed E-state index contributed by atoms with van der Waals surface area (Å²) >= 11 is 0. The Morgan fingerprint density at radius 3 is 2.56 bits per heavy atom. The molecule has 0 bridgehead atoms. The van der Waals surface area contributed by atoms with Gasteiger partial charge in [0.2, 0.25) is 0 Å². The summed E-state index contributed by atoms with van der Waals surface area (Å²) in [5, 5.41) is 0. The zero-order chi connectivity index (χ0) is 12.5. The number of benzene rings is 1. The molecule has 0 aliphatic heterocycles. The molecule has 0 unspecified atom stereocenters. The number of pyridine rings is 1. The third-order valence-electron chi connectivity index (χ3n) is 2.87. The second kappa shape index (κ2) is 4.11. The maximum Gasteiger partial charge on any atom is 0.194 e. The molecule has 18 heavy (non-hydrogen) atoms. The Balaban J connectivity index is 2.06. The molecule has 0 N–H and O–H groups in total. The number of nitrogens with zero attached hydrogens (tertiary/aromatic N) is 2. The largest absolute Gasteiger partial charge is 0.306 e. The van der Waals surface area contributed by atoms with Gasteiger partial charge in [0.25, 0.3) is 0 Å². The van der Waals surface area contributed by atoms with Gasteiger partial charge in [-0.1, -0.05) is 30.3 Å². The first-order valence-electron chi connectivity index (χ1n) is 5.79. The first kappa shape index (κ1) is 10.7. The molecule has 3 aromatic rings. The van der Waals surface area contributed by atoms with Crippen LogP contribution in [0.4, 0.5) is 0 Å². The van der Waals surface area contributed by atoms with Gasteiger partial charge in [-0.2, -0.15) is 0 Å². The molecule has 3 rings (SSSR count). The highest BCUT2D eigenvalue weighted by atomic mass is 16.1. The van der Waals surface area contributed by atoms with Crippen molar-refractivity contribution >= 4 is 11.4 Å². The summed E-state index contributed by atoms with van der Waals surface area (Å²) in [6.45, 7) is 1.94. The maximum absolute atomic E-state index is 12.3. The summed E-state index contributed by atoms with van der Waals surface area (Å²) in [5.74, 6) is 0.0313. The van der Waals surface area contributed by atoms with Crippen LogP contribution in [0.1, 0.15) is 21.6 Å². The van der Waals surface area contributed by atoms with Crippen LogP contribution in [0.5, 0.6) is 0 Å². The van der Waals surface area contributed by atoms with Crippen molar-refractivity contribution in [1.82, 2.24) is 9.38 Å². The van der Waals surface area contributed by atoms with Crippen LogP contribution in [0.15, 0.2) is 54.9 Å². The van der Waals surface area contributed by atoms with Crippen LogP contribution in [-0.2, 0) is 0 Å². The minimum atomic E-state index is 0.0313. The van der Waals surface area contributed by atoms with Crippen molar-refractivity contribution in [3.05, 3.63) is 71.7 Å². The first-order chi connectivity index (χ1) is 8.74. The van der Waals surface area contributed by atoms with Crippen LogP contribution in [0.25, 0.3) is 5.65 Å². The number of imidazole rings is 1. The minimum Gasteiger partial charge on any atom is -0.306 e. The number of rotatable bonds is 2. The molecular formula is C15H12N2O. The van der Waals surface area contributed by atoms with E-state index in [1.54, 1.807) is 0 Å². The van der Waals surface area contributed by atoms with Crippen LogP contribution in [0.3, 0.4) is 0 Å². The molecule has 0 spiro atoms. The fourth-order valence-electron chi connectivity index (χ4n) is 2.01. The van der Waals surface area contributed by atoms with Crippen molar-refractivity contribution in [2.45, 2.75) is 6.92 Å². The molecular weight excluding hydrogens is 224 g/mol. The highest BCUT2D eigenvalue weighted by Gasteiger charge is 2.09. The fourth-order valence-corrected chi connectivity index (χ4v) is 2.01. The zero-order valence-electron chi connectivity index (χ0n) is 10.00. The average Bonchev–Trinajstić information content (AvgIpc) is 2.78. The van der Waals surface area contributed by atoms with Gasteiger partial charge >= 0.3 is 0 Å². The number of carbonyl (C=O) groups is 1. The minimum absolute atomic E-state index is 0.0313. The van der Waals surface area contributed by atoms with E-state index < -0.39 is 0 Å². The Morgan fingerprint density at radius 2 is 1.78 bits per heavy atom. The monoisotopic (exact) mass is 236 g/mol. The van der Waals surface area contributed by atoms with Crippen LogP contribution >= 0.6 is 0 Å². The number of ketones is 1. The van der Waals surface area contributed by atoms with Gasteiger partial charge in [0.1, 0.15) is 5.65 Å². The van der Waals surface area contributed by atoms with Crippen LogP contribution in [0.2, 0.25) is 0 Å². The van der Waals surface area contributed by atoms with E-state index in [2.05, 4.69) is 4.98 Å². The SMILES string of the molecule is Cc1cn2cc(C(=O)c3ccccc3)ccc2n1. The number of hydrogen-bond donors (Lipinski definition) is 0. The van der Waals surface area contributed by atoms with Crippen molar-refractivity contribution in [1.29, 1.82) is 0 Å². The van der Waals surface area contributed by atoms with Crippen molar-refractivity contribution in [3.8, 4) is 0 Å². The van der Waals surface area contributed by atoms with E-state index in [1.165, 1.54) is 0 Å². The zero-order valence-corrected chi connectivity index (χ0v) is 10.00. The van der Waals surface area contributed by atoms with E-state index >= 15 is 0 Å². The molecule has 0 amide bonds. The predicted octanol–water partition coefficient (Wildman–Crippen LogP) is 2.87. The van der Waals surface area contributed by atoms with Gasteiger partial charge in [-0.05, 0) is 19.1 Å². The first-order valence-corrected chi connectivity index (χ1v) is 5.79. The van der Waals surface area contributed by atoms with Gasteiger partial charge in [-0.25, -0.2) is 4.98 Å². The van der Waals surface area contributed by atoms with Crippen molar-refractivity contribution in [2.24, 2.45) is 0 Å². The number of carbonyl (C=O) groups excluding carboxylic acids is 1. The topological polar surface area (TPSA) is 34.4 Å². The molecule has 0 fully saturated rings. The third kappa shape index (κ3) is 1.80. The molecule has 0 radical (unpaired) electrons. The predicted molar refractivity (Wildman–Crippen MR) is 69.8 cm³/mol. The van der Waals surface area contributed by atoms with Crippen molar-refractivity contribution in [2.75, 3.05) is 0 Å². The Hall–Kier alpha value is -2.42. The van der Waals surface area contributed by atoms with Crippen LogP contribution < -0.4 is 0 Å². The second-order valence-electron chi connectivity index (χ2n) is 4.26. The van der Waals surface area contributed by atoms with E-state index in [1.807, 2.05) is 66.2 Å². The number of fused-ring (bicyclic) bond motifs is 1. The standard InChI is InChI=1S/C15H12N2O/c1-11-9-17-10-13(7-8-14(17)16-11)15(18)12-5-3-2-4-6-12/h2-10H,1H3. The second-order valence-corrected chi connectivity index (χ2v) is 4.26. The van der Waals surface area contributed by atoms with Crippen molar-refractivity contribution < 1.29 is 4.79 Å². The van der Waals surface area contributed by atoms with Gasteiger partial charge < -0.3 is 4.40 Å². The maximum atomic E-state index is 12.3. The molecule has 88 valence electrons. The average molecular weight is 236 g/mol. The Kier molecular flexibility index (Phi) is 2.45. The molecule has 0 aliphatic rings. The quantitative estimate of drug-likeness (QED) is 0.641. The molecule has 3 heteroatoms. The molecule has 0 saturated carbocycles. The Bertz CT molecular complexity index is 714. The summed E-state index contributed by atoms with van der Waals surface area (Å²) in [4.78, 5) is 16.6. The number of aryl methyl sites for hydroxylation is 1. The normalized spacial score (nSPS) is 10.7. The van der Waals surface area contributed by atoms with Crippen molar-refractivity contribution in [3.63, 3.8) is 0 Å². The van der Waals surface area contributed by atoms with Crippen LogP contribution in [0, 0.1) is 6.92 Å². The molecule has 0 atom stereocenters. The lowest BCUT2D eigenvalue weighted by Gasteiger charge is -2.01. The molecule has 0 aliphatic carbocycles. The van der Waals surface area contributed by atoms with E-state index in [0.717, 1.165) is 11.3 Å². The Labute approximate surface area is 105 Å². The molecule has 1 aromatic carbocycles. The summed E-state index contributed by atoms with van der Waals surface area (Å²) in [6, 6.07) is 13.0. The van der Waals surface area contributed by atoms with Gasteiger partial charge in [-0.15, -0.1) is 0 Å². The van der Waals surface area contributed by atoms with E-state index in [0.29, 0.717) is 11.1 Å². The van der Waals surface area contributed by atoms with E-state index in [-0.39, 0.29) is 5.78 Å². The summed E-state index contributed by atoms with van der Waals surface area (Å²) in [5.41, 5.74) is 3.18. The molecule has 2 heterocycles. The summed E-state index contributed by atoms with van der Waals surface area (Å²) in [6.07, 6.45) is 3.74. The van der Waals surface area contributed by atoms with Gasteiger partial charge in [0.15, 0.2) is 5.78 Å². The highest BCUT2D eigenvalue weighted by molar-refractivity contribution is 6.08. The van der Waals surface area contributed by atoms with E-state index in [9.17, 15) is 4.79 Å².